The second-order valence-electron chi connectivity index (χ2n) is 6.93. The Morgan fingerprint density at radius 3 is 2.70 bits per heavy atom. The molecule has 0 atom stereocenters. The first-order chi connectivity index (χ1) is 13.2. The van der Waals surface area contributed by atoms with Gasteiger partial charge < -0.3 is 9.47 Å². The van der Waals surface area contributed by atoms with Crippen molar-refractivity contribution in [2.45, 2.75) is 13.0 Å². The van der Waals surface area contributed by atoms with Gasteiger partial charge in [0, 0.05) is 36.4 Å². The van der Waals surface area contributed by atoms with Crippen molar-refractivity contribution in [1.29, 1.82) is 0 Å². The van der Waals surface area contributed by atoms with Crippen molar-refractivity contribution in [3.05, 3.63) is 76.8 Å². The van der Waals surface area contributed by atoms with Gasteiger partial charge >= 0.3 is 0 Å². The van der Waals surface area contributed by atoms with E-state index in [1.54, 1.807) is 0 Å². The number of aromatic nitrogens is 2. The highest BCUT2D eigenvalue weighted by Gasteiger charge is 2.24. The molecule has 2 aromatic heterocycles. The van der Waals surface area contributed by atoms with Gasteiger partial charge in [-0.05, 0) is 29.7 Å². The van der Waals surface area contributed by atoms with Crippen LogP contribution in [0.3, 0.4) is 0 Å². The molecule has 0 N–H and O–H groups in total. The first kappa shape index (κ1) is 16.3. The third-order valence-corrected chi connectivity index (χ3v) is 6.18. The van der Waals surface area contributed by atoms with Crippen LogP contribution in [0.25, 0.3) is 21.6 Å². The van der Waals surface area contributed by atoms with Gasteiger partial charge in [-0.15, -0.1) is 11.3 Å². The van der Waals surface area contributed by atoms with Crippen LogP contribution in [-0.4, -0.2) is 26.9 Å². The normalized spacial score (nSPS) is 13.7. The molecule has 1 amide bonds. The van der Waals surface area contributed by atoms with E-state index in [-0.39, 0.29) is 5.91 Å². The molecule has 134 valence electrons. The highest BCUT2D eigenvalue weighted by Crippen LogP contribution is 2.30. The van der Waals surface area contributed by atoms with Crippen LogP contribution < -0.4 is 0 Å². The molecule has 2 aromatic carbocycles. The molecule has 1 aliphatic heterocycles. The predicted octanol–water partition coefficient (Wildman–Crippen LogP) is 4.50. The lowest BCUT2D eigenvalue weighted by molar-refractivity contribution is 0.0729. The number of hydrogen-bond acceptors (Lipinski definition) is 3. The summed E-state index contributed by atoms with van der Waals surface area (Å²) < 4.78 is 2.14. The van der Waals surface area contributed by atoms with E-state index >= 15 is 0 Å². The molecule has 0 spiro atoms. The van der Waals surface area contributed by atoms with Gasteiger partial charge in [0.15, 0.2) is 0 Å². The summed E-state index contributed by atoms with van der Waals surface area (Å²) >= 11 is 1.53. The van der Waals surface area contributed by atoms with E-state index in [1.807, 2.05) is 35.5 Å². The first-order valence-electron chi connectivity index (χ1n) is 9.07. The molecular formula is C22H19N3OS. The monoisotopic (exact) mass is 373 g/mol. The molecule has 0 radical (unpaired) electrons. The zero-order chi connectivity index (χ0) is 18.4. The summed E-state index contributed by atoms with van der Waals surface area (Å²) in [5.41, 5.74) is 5.34. The number of carbonyl (C=O) groups excluding carboxylic acids is 1. The fourth-order valence-corrected chi connectivity index (χ4v) is 4.66. The van der Waals surface area contributed by atoms with Gasteiger partial charge in [-0.2, -0.15) is 0 Å². The Bertz CT molecular complexity index is 1160. The predicted molar refractivity (Wildman–Crippen MR) is 109 cm³/mol. The molecule has 0 saturated heterocycles. The molecule has 4 nitrogen and oxygen atoms in total. The molecule has 0 saturated carbocycles. The van der Waals surface area contributed by atoms with Gasteiger partial charge in [0.2, 0.25) is 0 Å². The molecule has 0 fully saturated rings. The Morgan fingerprint density at radius 1 is 1.07 bits per heavy atom. The number of nitrogens with zero attached hydrogens (tertiary/aromatic N) is 3. The van der Waals surface area contributed by atoms with Gasteiger partial charge in [-0.3, -0.25) is 4.79 Å². The molecule has 5 heteroatoms. The Kier molecular flexibility index (Phi) is 3.83. The van der Waals surface area contributed by atoms with Crippen LogP contribution in [0.4, 0.5) is 0 Å². The fraction of sp³-hybridized carbons (Fsp3) is 0.182. The molecule has 3 heterocycles. The van der Waals surface area contributed by atoms with Crippen molar-refractivity contribution in [2.24, 2.45) is 7.05 Å². The summed E-state index contributed by atoms with van der Waals surface area (Å²) in [7, 11) is 2.04. The van der Waals surface area contributed by atoms with Crippen LogP contribution in [0.5, 0.6) is 0 Å². The van der Waals surface area contributed by atoms with E-state index in [1.165, 1.54) is 33.4 Å². The summed E-state index contributed by atoms with van der Waals surface area (Å²) in [6.07, 6.45) is 0.905. The number of fused-ring (bicyclic) bond motifs is 2. The summed E-state index contributed by atoms with van der Waals surface area (Å²) in [5, 5.41) is 3.95. The third-order valence-electron chi connectivity index (χ3n) is 5.31. The van der Waals surface area contributed by atoms with Crippen molar-refractivity contribution >= 4 is 28.1 Å². The number of rotatable bonds is 2. The number of para-hydroxylation sites is 1. The summed E-state index contributed by atoms with van der Waals surface area (Å²) in [6, 6.07) is 18.8. The van der Waals surface area contributed by atoms with Gasteiger partial charge in [-0.25, -0.2) is 4.98 Å². The number of aryl methyl sites for hydroxylation is 1. The zero-order valence-electron chi connectivity index (χ0n) is 15.1. The van der Waals surface area contributed by atoms with Gasteiger partial charge in [0.25, 0.3) is 5.91 Å². The van der Waals surface area contributed by atoms with E-state index in [0.29, 0.717) is 12.2 Å². The Balaban J connectivity index is 1.43. The van der Waals surface area contributed by atoms with Crippen LogP contribution in [0.2, 0.25) is 0 Å². The standard InChI is InChI=1S/C22H19N3OS/c1-24-19-9-5-4-7-16(19)12-20(24)21-23-18(14-27-21)22(26)25-11-10-15-6-2-3-8-17(15)13-25/h2-9,12,14H,10-11,13H2,1H3. The van der Waals surface area contributed by atoms with Gasteiger partial charge in [0.05, 0.1) is 5.69 Å². The average molecular weight is 373 g/mol. The number of hydrogen-bond donors (Lipinski definition) is 0. The van der Waals surface area contributed by atoms with E-state index in [9.17, 15) is 4.79 Å². The lowest BCUT2D eigenvalue weighted by Gasteiger charge is -2.28. The van der Waals surface area contributed by atoms with E-state index in [2.05, 4.69) is 45.9 Å². The highest BCUT2D eigenvalue weighted by molar-refractivity contribution is 7.13. The van der Waals surface area contributed by atoms with E-state index in [0.717, 1.165) is 23.7 Å². The van der Waals surface area contributed by atoms with Crippen molar-refractivity contribution in [2.75, 3.05) is 6.54 Å². The summed E-state index contributed by atoms with van der Waals surface area (Å²) in [6.45, 7) is 1.41. The van der Waals surface area contributed by atoms with Crippen LogP contribution in [0.1, 0.15) is 21.6 Å². The molecular weight excluding hydrogens is 354 g/mol. The maximum atomic E-state index is 13.0. The third kappa shape index (κ3) is 2.75. The highest BCUT2D eigenvalue weighted by atomic mass is 32.1. The smallest absolute Gasteiger partial charge is 0.273 e. The van der Waals surface area contributed by atoms with Crippen LogP contribution in [0, 0.1) is 0 Å². The van der Waals surface area contributed by atoms with Crippen molar-refractivity contribution in [1.82, 2.24) is 14.5 Å². The first-order valence-corrected chi connectivity index (χ1v) is 9.95. The van der Waals surface area contributed by atoms with Gasteiger partial charge in [-0.1, -0.05) is 42.5 Å². The van der Waals surface area contributed by atoms with E-state index < -0.39 is 0 Å². The maximum Gasteiger partial charge on any atom is 0.273 e. The lowest BCUT2D eigenvalue weighted by Crippen LogP contribution is -2.36. The topological polar surface area (TPSA) is 38.1 Å². The Hall–Kier alpha value is -2.92. The number of amides is 1. The lowest BCUT2D eigenvalue weighted by atomic mass is 10.00. The summed E-state index contributed by atoms with van der Waals surface area (Å²) in [4.78, 5) is 19.6. The Morgan fingerprint density at radius 2 is 1.85 bits per heavy atom. The SMILES string of the molecule is Cn1c(-c2nc(C(=O)N3CCc4ccccc4C3)cs2)cc2ccccc21. The van der Waals surface area contributed by atoms with Crippen molar-refractivity contribution in [3.8, 4) is 10.7 Å². The van der Waals surface area contributed by atoms with Crippen LogP contribution in [0.15, 0.2) is 60.0 Å². The quantitative estimate of drug-likeness (QED) is 0.519. The molecule has 5 rings (SSSR count). The van der Waals surface area contributed by atoms with Gasteiger partial charge in [0.1, 0.15) is 10.7 Å². The van der Waals surface area contributed by atoms with Crippen LogP contribution in [-0.2, 0) is 20.0 Å². The minimum Gasteiger partial charge on any atom is -0.342 e. The minimum atomic E-state index is 0.0192. The van der Waals surface area contributed by atoms with Crippen LogP contribution >= 0.6 is 11.3 Å². The largest absolute Gasteiger partial charge is 0.342 e. The zero-order valence-corrected chi connectivity index (χ0v) is 15.9. The minimum absolute atomic E-state index is 0.0192. The molecule has 0 aliphatic carbocycles. The maximum absolute atomic E-state index is 13.0. The Labute approximate surface area is 161 Å². The molecule has 4 aromatic rings. The number of carbonyl (C=O) groups is 1. The molecule has 1 aliphatic rings. The van der Waals surface area contributed by atoms with Crippen molar-refractivity contribution < 1.29 is 4.79 Å². The second-order valence-corrected chi connectivity index (χ2v) is 7.79. The average Bonchev–Trinajstić information content (AvgIpc) is 3.32. The number of benzene rings is 2. The fourth-order valence-electron chi connectivity index (χ4n) is 3.81. The summed E-state index contributed by atoms with van der Waals surface area (Å²) in [5.74, 6) is 0.0192. The van der Waals surface area contributed by atoms with E-state index in [4.69, 9.17) is 0 Å². The molecule has 0 bridgehead atoms. The second kappa shape index (κ2) is 6.35. The molecule has 0 unspecified atom stereocenters. The molecule has 27 heavy (non-hydrogen) atoms. The number of thiazole rings is 1. The van der Waals surface area contributed by atoms with Crippen molar-refractivity contribution in [3.63, 3.8) is 0 Å².